The van der Waals surface area contributed by atoms with Gasteiger partial charge in [0.1, 0.15) is 19.2 Å². The van der Waals surface area contributed by atoms with Crippen LogP contribution in [0.2, 0.25) is 0 Å². The molecule has 346 valence electrons. The van der Waals surface area contributed by atoms with Gasteiger partial charge in [-0.3, -0.25) is 14.6 Å². The highest BCUT2D eigenvalue weighted by molar-refractivity contribution is 5.80. The Bertz CT molecular complexity index is 1900. The number of aromatic nitrogens is 9. The summed E-state index contributed by atoms with van der Waals surface area (Å²) in [5.41, 5.74) is 18.0. The number of guanidine groups is 1. The summed E-state index contributed by atoms with van der Waals surface area (Å²) in [6, 6.07) is -0.535. The zero-order chi connectivity index (χ0) is 44.8. The number of terminal acetylenes is 1. The van der Waals surface area contributed by atoms with Crippen molar-refractivity contribution in [1.29, 1.82) is 0 Å². The number of hydrogen-bond donors (Lipinski definition) is 5. The molecule has 5 rings (SSSR count). The fourth-order valence-corrected chi connectivity index (χ4v) is 6.97. The van der Waals surface area contributed by atoms with Crippen molar-refractivity contribution in [3.63, 3.8) is 0 Å². The normalized spacial score (nSPS) is 15.3. The second-order valence-electron chi connectivity index (χ2n) is 15.2. The van der Waals surface area contributed by atoms with Crippen LogP contribution in [-0.4, -0.2) is 195 Å². The lowest BCUT2D eigenvalue weighted by Gasteiger charge is -2.37. The monoisotopic (exact) mass is 881 g/mol. The van der Waals surface area contributed by atoms with Gasteiger partial charge in [0.15, 0.2) is 5.96 Å². The molecule has 0 bridgehead atoms. The molecule has 2 aliphatic rings. The fraction of sp³-hybridized carbons (Fsp3) is 0.692. The third-order valence-electron chi connectivity index (χ3n) is 10.2. The number of aliphatic imine (C=N–C) groups is 1. The molecule has 3 aromatic rings. The summed E-state index contributed by atoms with van der Waals surface area (Å²) < 4.78 is 19.6. The van der Waals surface area contributed by atoms with Crippen LogP contribution in [0.1, 0.15) is 50.0 Å². The lowest BCUT2D eigenvalue weighted by molar-refractivity contribution is -0.135. The van der Waals surface area contributed by atoms with E-state index < -0.39 is 12.1 Å². The Morgan fingerprint density at radius 3 is 2.16 bits per heavy atom. The first-order valence-corrected chi connectivity index (χ1v) is 21.6. The molecule has 0 aliphatic carbocycles. The third kappa shape index (κ3) is 16.2. The van der Waals surface area contributed by atoms with E-state index in [0.717, 1.165) is 18.5 Å². The van der Waals surface area contributed by atoms with E-state index in [-0.39, 0.29) is 30.9 Å². The number of rotatable bonds is 27. The molecule has 1 unspecified atom stereocenters. The SMILES string of the molecule is C#CCOCCOCCOCCNc1nc(N2CCN(C(=O)Cn3cc(CCCN=C(N)N)nn3)CC2)nc(N2CCN(C(=O)[C@H](CCCCN)n3cc(CC(C)O)nn3)CC2)n1. The first-order valence-electron chi connectivity index (χ1n) is 21.6. The number of ether oxygens (including phenoxy) is 3. The van der Waals surface area contributed by atoms with Gasteiger partial charge in [0.25, 0.3) is 0 Å². The highest BCUT2D eigenvalue weighted by atomic mass is 16.5. The van der Waals surface area contributed by atoms with E-state index in [0.29, 0.717) is 154 Å². The van der Waals surface area contributed by atoms with Gasteiger partial charge in [-0.05, 0) is 45.6 Å². The zero-order valence-corrected chi connectivity index (χ0v) is 36.3. The highest BCUT2D eigenvalue weighted by Gasteiger charge is 2.31. The van der Waals surface area contributed by atoms with Gasteiger partial charge in [0, 0.05) is 84.3 Å². The van der Waals surface area contributed by atoms with Gasteiger partial charge in [-0.25, -0.2) is 9.36 Å². The molecule has 2 saturated heterocycles. The molecule has 0 saturated carbocycles. The van der Waals surface area contributed by atoms with Crippen LogP contribution in [0.3, 0.4) is 0 Å². The maximum atomic E-state index is 14.0. The van der Waals surface area contributed by atoms with Gasteiger partial charge >= 0.3 is 0 Å². The van der Waals surface area contributed by atoms with Crippen LogP contribution >= 0.6 is 0 Å². The molecule has 24 nitrogen and oxygen atoms in total. The number of aliphatic hydroxyl groups excluding tert-OH is 1. The molecule has 2 amide bonds. The topological polar surface area (TPSA) is 298 Å². The van der Waals surface area contributed by atoms with Crippen molar-refractivity contribution in [2.75, 3.05) is 127 Å². The second kappa shape index (κ2) is 26.0. The summed E-state index contributed by atoms with van der Waals surface area (Å²) in [7, 11) is 0. The number of nitrogens with zero attached hydrogens (tertiary/aromatic N) is 14. The van der Waals surface area contributed by atoms with Gasteiger partial charge in [0.05, 0.1) is 50.5 Å². The minimum absolute atomic E-state index is 0.0438. The van der Waals surface area contributed by atoms with Crippen LogP contribution in [0, 0.1) is 12.3 Å². The first kappa shape index (κ1) is 48.3. The number of nitrogens with one attached hydrogen (secondary N) is 1. The largest absolute Gasteiger partial charge is 0.393 e. The number of carbonyl (C=O) groups excluding carboxylic acids is 2. The number of anilines is 3. The van der Waals surface area contributed by atoms with E-state index in [4.69, 9.17) is 52.8 Å². The van der Waals surface area contributed by atoms with E-state index in [2.05, 4.69) is 36.9 Å². The Morgan fingerprint density at radius 1 is 0.857 bits per heavy atom. The highest BCUT2D eigenvalue weighted by Crippen LogP contribution is 2.23. The van der Waals surface area contributed by atoms with Gasteiger partial charge in [0.2, 0.25) is 29.7 Å². The van der Waals surface area contributed by atoms with Crippen molar-refractivity contribution in [1.82, 2.24) is 54.7 Å². The Morgan fingerprint density at radius 2 is 1.51 bits per heavy atom. The van der Waals surface area contributed by atoms with E-state index in [1.807, 2.05) is 14.7 Å². The van der Waals surface area contributed by atoms with Crippen LogP contribution in [0.15, 0.2) is 17.4 Å². The number of hydrogen-bond acceptors (Lipinski definition) is 18. The summed E-state index contributed by atoms with van der Waals surface area (Å²) in [6.07, 6.45) is 12.0. The predicted octanol–water partition coefficient (Wildman–Crippen LogP) is -2.35. The average Bonchev–Trinajstić information content (AvgIpc) is 3.94. The van der Waals surface area contributed by atoms with Crippen molar-refractivity contribution in [3.05, 3.63) is 23.8 Å². The van der Waals surface area contributed by atoms with Crippen LogP contribution in [-0.2, 0) is 43.2 Å². The van der Waals surface area contributed by atoms with Crippen molar-refractivity contribution in [2.24, 2.45) is 22.2 Å². The number of unbranched alkanes of at least 4 members (excludes halogenated alkanes) is 1. The van der Waals surface area contributed by atoms with E-state index in [9.17, 15) is 14.7 Å². The van der Waals surface area contributed by atoms with Crippen molar-refractivity contribution in [2.45, 2.75) is 64.1 Å². The summed E-state index contributed by atoms with van der Waals surface area (Å²) in [6.45, 7) is 9.37. The number of piperazine rings is 2. The molecule has 0 radical (unpaired) electrons. The van der Waals surface area contributed by atoms with Crippen LogP contribution < -0.4 is 32.3 Å². The molecule has 8 N–H and O–H groups in total. The van der Waals surface area contributed by atoms with Crippen molar-refractivity contribution < 1.29 is 28.9 Å². The quantitative estimate of drug-likeness (QED) is 0.0232. The number of amides is 2. The number of aryl methyl sites for hydroxylation is 1. The molecule has 5 heterocycles. The predicted molar refractivity (Wildman–Crippen MR) is 234 cm³/mol. The Hall–Kier alpha value is -5.74. The standard InChI is InChI=1S/C39H64N18O6/c1-3-20-61-22-24-63-25-23-62-21-11-44-37-45-38(54-16-12-52(13-17-54)34(59)29-56-27-31(48-50-56)7-6-10-43-36(41)42)47-39(46-37)55-18-14-53(15-19-55)35(60)33(8-4-5-9-40)57-28-32(49-51-57)26-30(2)58/h1,27-28,30,33,58H,4-26,29,40H2,2H3,(H4,41,42,43)(H,44,45,46,47)/t30?,33-/m0/s1. The zero-order valence-electron chi connectivity index (χ0n) is 36.3. The van der Waals surface area contributed by atoms with Crippen LogP contribution in [0.5, 0.6) is 0 Å². The summed E-state index contributed by atoms with van der Waals surface area (Å²) >= 11 is 0. The number of nitrogens with two attached hydrogens (primary N) is 3. The van der Waals surface area contributed by atoms with E-state index in [1.54, 1.807) is 33.6 Å². The first-order chi connectivity index (χ1) is 30.6. The van der Waals surface area contributed by atoms with Crippen LogP contribution in [0.4, 0.5) is 17.8 Å². The summed E-state index contributed by atoms with van der Waals surface area (Å²) in [5.74, 6) is 3.71. The third-order valence-corrected chi connectivity index (χ3v) is 10.2. The Balaban J connectivity index is 1.19. The molecular formula is C39H64N18O6. The lowest BCUT2D eigenvalue weighted by Crippen LogP contribution is -2.51. The number of aliphatic hydroxyl groups is 1. The molecule has 63 heavy (non-hydrogen) atoms. The van der Waals surface area contributed by atoms with Gasteiger partial charge in [-0.15, -0.1) is 16.6 Å². The fourth-order valence-electron chi connectivity index (χ4n) is 6.97. The van der Waals surface area contributed by atoms with Gasteiger partial charge in [-0.1, -0.05) is 16.3 Å². The second-order valence-corrected chi connectivity index (χ2v) is 15.2. The van der Waals surface area contributed by atoms with Crippen molar-refractivity contribution >= 4 is 35.6 Å². The van der Waals surface area contributed by atoms with Gasteiger partial charge in [-0.2, -0.15) is 15.0 Å². The summed E-state index contributed by atoms with van der Waals surface area (Å²) in [4.78, 5) is 53.5. The minimum Gasteiger partial charge on any atom is -0.393 e. The van der Waals surface area contributed by atoms with Crippen molar-refractivity contribution in [3.8, 4) is 12.3 Å². The molecular weight excluding hydrogens is 817 g/mol. The smallest absolute Gasteiger partial charge is 0.247 e. The molecule has 2 fully saturated rings. The van der Waals surface area contributed by atoms with Gasteiger partial charge < -0.3 is 61.4 Å². The molecule has 2 aliphatic heterocycles. The molecule has 3 aromatic heterocycles. The minimum atomic E-state index is -0.573. The maximum Gasteiger partial charge on any atom is 0.247 e. The number of carbonyl (C=O) groups is 2. The summed E-state index contributed by atoms with van der Waals surface area (Å²) in [5, 5.41) is 29.9. The Labute approximate surface area is 367 Å². The van der Waals surface area contributed by atoms with E-state index >= 15 is 0 Å². The maximum absolute atomic E-state index is 14.0. The van der Waals surface area contributed by atoms with Crippen LogP contribution in [0.25, 0.3) is 0 Å². The lowest BCUT2D eigenvalue weighted by atomic mass is 10.1. The Kier molecular flexibility index (Phi) is 19.9. The average molecular weight is 881 g/mol. The molecule has 2 atom stereocenters. The molecule has 0 spiro atoms. The molecule has 0 aromatic carbocycles. The van der Waals surface area contributed by atoms with E-state index in [1.165, 1.54) is 0 Å². The molecule has 24 heteroatoms.